The first-order valence-corrected chi connectivity index (χ1v) is 11.0. The number of carbonyl (C=O) groups is 1. The Labute approximate surface area is 169 Å². The molecule has 3 nitrogen and oxygen atoms in total. The molecular formula is C25H34N2O. The molecule has 0 bridgehead atoms. The zero-order chi connectivity index (χ0) is 19.4. The Balaban J connectivity index is 1.50. The average Bonchev–Trinajstić information content (AvgIpc) is 2.71. The van der Waals surface area contributed by atoms with Crippen molar-refractivity contribution >= 4 is 11.7 Å². The van der Waals surface area contributed by atoms with Crippen LogP contribution in [0.3, 0.4) is 0 Å². The zero-order valence-corrected chi connectivity index (χ0v) is 17.0. The van der Waals surface area contributed by atoms with E-state index in [9.17, 15) is 4.79 Å². The number of hydrogen-bond donors (Lipinski definition) is 2. The number of anilines is 1. The molecule has 0 aromatic heterocycles. The van der Waals surface area contributed by atoms with E-state index in [0.717, 1.165) is 24.1 Å². The molecule has 1 aliphatic rings. The summed E-state index contributed by atoms with van der Waals surface area (Å²) in [6.07, 6.45) is 14.0. The van der Waals surface area contributed by atoms with Gasteiger partial charge in [0, 0.05) is 11.7 Å². The molecule has 1 aliphatic carbocycles. The molecule has 2 aromatic rings. The predicted molar refractivity (Wildman–Crippen MR) is 119 cm³/mol. The lowest BCUT2D eigenvalue weighted by atomic mass is 9.98. The number of benzene rings is 2. The molecule has 0 atom stereocenters. The molecule has 2 N–H and O–H groups in total. The second-order valence-corrected chi connectivity index (χ2v) is 8.00. The van der Waals surface area contributed by atoms with E-state index in [1.165, 1.54) is 63.4 Å². The van der Waals surface area contributed by atoms with Gasteiger partial charge in [0.1, 0.15) is 0 Å². The maximum absolute atomic E-state index is 12.5. The average molecular weight is 379 g/mol. The third kappa shape index (κ3) is 7.03. The highest BCUT2D eigenvalue weighted by molar-refractivity contribution is 5.89. The molecule has 0 spiro atoms. The van der Waals surface area contributed by atoms with Crippen molar-refractivity contribution in [3.05, 3.63) is 54.6 Å². The first-order chi connectivity index (χ1) is 13.8. The summed E-state index contributed by atoms with van der Waals surface area (Å²) in [4.78, 5) is 12.5. The maximum atomic E-state index is 12.5. The Morgan fingerprint density at radius 2 is 1.14 bits per heavy atom. The molecule has 0 heterocycles. The number of carbonyl (C=O) groups excluding carboxylic acids is 1. The van der Waals surface area contributed by atoms with Crippen molar-refractivity contribution in [2.24, 2.45) is 0 Å². The van der Waals surface area contributed by atoms with Gasteiger partial charge < -0.3 is 10.6 Å². The van der Waals surface area contributed by atoms with Gasteiger partial charge in [-0.25, -0.2) is 4.79 Å². The molecule has 2 amide bonds. The molecule has 0 aliphatic heterocycles. The molecule has 2 aromatic carbocycles. The second kappa shape index (κ2) is 11.5. The number of rotatable bonds is 3. The van der Waals surface area contributed by atoms with E-state index >= 15 is 0 Å². The topological polar surface area (TPSA) is 41.1 Å². The highest BCUT2D eigenvalue weighted by Crippen LogP contribution is 2.21. The summed E-state index contributed by atoms with van der Waals surface area (Å²) in [6, 6.07) is 18.6. The van der Waals surface area contributed by atoms with E-state index in [4.69, 9.17) is 0 Å². The standard InChI is InChI=1S/C25H34N2O/c28-25(26-23-15-11-6-4-2-1-3-5-7-12-16-23)27-24-19-17-22(18-20-24)21-13-9-8-10-14-21/h8-10,13-14,17-20,23H,1-7,11-12,15-16H2,(H2,26,27,28). The van der Waals surface area contributed by atoms with Gasteiger partial charge in [-0.1, -0.05) is 100 Å². The van der Waals surface area contributed by atoms with Crippen LogP contribution in [0.4, 0.5) is 10.5 Å². The minimum Gasteiger partial charge on any atom is -0.335 e. The third-order valence-electron chi connectivity index (χ3n) is 5.69. The summed E-state index contributed by atoms with van der Waals surface area (Å²) in [5, 5.41) is 6.22. The number of amides is 2. The molecule has 3 rings (SSSR count). The Kier molecular flexibility index (Phi) is 8.42. The molecule has 3 heteroatoms. The minimum absolute atomic E-state index is 0.0791. The first kappa shape index (κ1) is 20.4. The van der Waals surface area contributed by atoms with Crippen molar-refractivity contribution < 1.29 is 4.79 Å². The maximum Gasteiger partial charge on any atom is 0.319 e. The largest absolute Gasteiger partial charge is 0.335 e. The van der Waals surface area contributed by atoms with Gasteiger partial charge >= 0.3 is 6.03 Å². The smallest absolute Gasteiger partial charge is 0.319 e. The van der Waals surface area contributed by atoms with E-state index in [1.807, 2.05) is 30.3 Å². The monoisotopic (exact) mass is 378 g/mol. The highest BCUT2D eigenvalue weighted by Gasteiger charge is 2.13. The number of urea groups is 1. The Morgan fingerprint density at radius 1 is 0.643 bits per heavy atom. The fraction of sp³-hybridized carbons (Fsp3) is 0.480. The van der Waals surface area contributed by atoms with Gasteiger partial charge in [-0.2, -0.15) is 0 Å². The van der Waals surface area contributed by atoms with Crippen molar-refractivity contribution in [1.29, 1.82) is 0 Å². The van der Waals surface area contributed by atoms with Gasteiger partial charge in [0.05, 0.1) is 0 Å². The van der Waals surface area contributed by atoms with Crippen LogP contribution in [0.25, 0.3) is 11.1 Å². The summed E-state index contributed by atoms with van der Waals surface area (Å²) >= 11 is 0. The van der Waals surface area contributed by atoms with Crippen LogP contribution < -0.4 is 10.6 Å². The molecule has 28 heavy (non-hydrogen) atoms. The number of nitrogens with one attached hydrogen (secondary N) is 2. The van der Waals surface area contributed by atoms with Crippen LogP contribution in [-0.2, 0) is 0 Å². The van der Waals surface area contributed by atoms with Crippen molar-refractivity contribution in [2.75, 3.05) is 5.32 Å². The lowest BCUT2D eigenvalue weighted by Gasteiger charge is -2.20. The fourth-order valence-electron chi connectivity index (χ4n) is 4.04. The molecule has 1 saturated carbocycles. The van der Waals surface area contributed by atoms with Gasteiger partial charge in [-0.15, -0.1) is 0 Å². The molecule has 0 unspecified atom stereocenters. The van der Waals surface area contributed by atoms with Crippen LogP contribution in [0.5, 0.6) is 0 Å². The summed E-state index contributed by atoms with van der Waals surface area (Å²) < 4.78 is 0. The Morgan fingerprint density at radius 3 is 1.71 bits per heavy atom. The van der Waals surface area contributed by atoms with Crippen LogP contribution in [0.15, 0.2) is 54.6 Å². The molecule has 1 fully saturated rings. The molecular weight excluding hydrogens is 344 g/mol. The van der Waals surface area contributed by atoms with Crippen molar-refractivity contribution in [3.8, 4) is 11.1 Å². The summed E-state index contributed by atoms with van der Waals surface area (Å²) in [5.41, 5.74) is 3.18. The summed E-state index contributed by atoms with van der Waals surface area (Å²) in [6.45, 7) is 0. The van der Waals surface area contributed by atoms with E-state index in [2.05, 4.69) is 34.9 Å². The van der Waals surface area contributed by atoms with E-state index in [-0.39, 0.29) is 6.03 Å². The van der Waals surface area contributed by atoms with Crippen LogP contribution in [0, 0.1) is 0 Å². The first-order valence-electron chi connectivity index (χ1n) is 11.0. The van der Waals surface area contributed by atoms with Crippen LogP contribution in [0.1, 0.15) is 70.6 Å². The van der Waals surface area contributed by atoms with E-state index in [1.54, 1.807) is 0 Å². The van der Waals surface area contributed by atoms with Crippen LogP contribution in [0.2, 0.25) is 0 Å². The molecule has 0 saturated heterocycles. The zero-order valence-electron chi connectivity index (χ0n) is 17.0. The molecule has 150 valence electrons. The van der Waals surface area contributed by atoms with Crippen LogP contribution in [-0.4, -0.2) is 12.1 Å². The van der Waals surface area contributed by atoms with E-state index in [0.29, 0.717) is 6.04 Å². The Hall–Kier alpha value is -2.29. The van der Waals surface area contributed by atoms with E-state index < -0.39 is 0 Å². The van der Waals surface area contributed by atoms with Crippen molar-refractivity contribution in [2.45, 2.75) is 76.7 Å². The van der Waals surface area contributed by atoms with Crippen molar-refractivity contribution in [1.82, 2.24) is 5.32 Å². The third-order valence-corrected chi connectivity index (χ3v) is 5.69. The van der Waals surface area contributed by atoms with Gasteiger partial charge in [0.15, 0.2) is 0 Å². The van der Waals surface area contributed by atoms with Gasteiger partial charge in [-0.05, 0) is 36.1 Å². The van der Waals surface area contributed by atoms with Crippen LogP contribution >= 0.6 is 0 Å². The number of hydrogen-bond acceptors (Lipinski definition) is 1. The lowest BCUT2D eigenvalue weighted by molar-refractivity contribution is 0.246. The SMILES string of the molecule is O=C(Nc1ccc(-c2ccccc2)cc1)NC1CCCCCCCCCCC1. The van der Waals surface area contributed by atoms with Gasteiger partial charge in [0.2, 0.25) is 0 Å². The minimum atomic E-state index is -0.0791. The lowest BCUT2D eigenvalue weighted by Crippen LogP contribution is -2.38. The van der Waals surface area contributed by atoms with Gasteiger partial charge in [-0.3, -0.25) is 0 Å². The predicted octanol–water partition coefficient (Wildman–Crippen LogP) is 7.15. The Bertz CT molecular complexity index is 684. The summed E-state index contributed by atoms with van der Waals surface area (Å²) in [5.74, 6) is 0. The van der Waals surface area contributed by atoms with Crippen molar-refractivity contribution in [3.63, 3.8) is 0 Å². The highest BCUT2D eigenvalue weighted by atomic mass is 16.2. The molecule has 0 radical (unpaired) electrons. The summed E-state index contributed by atoms with van der Waals surface area (Å²) in [7, 11) is 0. The quantitative estimate of drug-likeness (QED) is 0.585. The van der Waals surface area contributed by atoms with Gasteiger partial charge in [0.25, 0.3) is 0 Å². The fourth-order valence-corrected chi connectivity index (χ4v) is 4.04. The second-order valence-electron chi connectivity index (χ2n) is 8.00. The normalized spacial score (nSPS) is 17.1.